The number of nitriles is 1. The Hall–Kier alpha value is -2.58. The summed E-state index contributed by atoms with van der Waals surface area (Å²) >= 11 is 0. The lowest BCUT2D eigenvalue weighted by molar-refractivity contribution is 0.199. The van der Waals surface area contributed by atoms with Crippen molar-refractivity contribution in [3.63, 3.8) is 0 Å². The maximum atomic E-state index is 9.67. The number of hydrogen-bond donors (Lipinski definition) is 3. The van der Waals surface area contributed by atoms with E-state index in [2.05, 4.69) is 21.7 Å². The van der Waals surface area contributed by atoms with Gasteiger partial charge in [0.25, 0.3) is 0 Å². The third-order valence-electron chi connectivity index (χ3n) is 3.07. The highest BCUT2D eigenvalue weighted by molar-refractivity contribution is 5.67. The number of anilines is 3. The quantitative estimate of drug-likeness (QED) is 0.734. The largest absolute Gasteiger partial charge is 0.374 e. The summed E-state index contributed by atoms with van der Waals surface area (Å²) in [4.78, 5) is 4.38. The number of pyridine rings is 1. The van der Waals surface area contributed by atoms with Gasteiger partial charge in [0, 0.05) is 5.69 Å². The van der Waals surface area contributed by atoms with E-state index in [1.165, 1.54) is 0 Å². The zero-order valence-electron chi connectivity index (χ0n) is 12.1. The van der Waals surface area contributed by atoms with Gasteiger partial charge < -0.3 is 15.7 Å². The smallest absolute Gasteiger partial charge is 0.151 e. The van der Waals surface area contributed by atoms with Crippen LogP contribution in [0.2, 0.25) is 0 Å². The molecule has 1 atom stereocenters. The van der Waals surface area contributed by atoms with Crippen LogP contribution in [0.15, 0.2) is 36.4 Å². The molecule has 2 aromatic rings. The van der Waals surface area contributed by atoms with Crippen molar-refractivity contribution in [3.8, 4) is 6.07 Å². The van der Waals surface area contributed by atoms with Gasteiger partial charge in [-0.15, -0.1) is 0 Å². The molecule has 0 fully saturated rings. The van der Waals surface area contributed by atoms with E-state index < -0.39 is 6.23 Å². The van der Waals surface area contributed by atoms with Gasteiger partial charge in [-0.1, -0.05) is 25.1 Å². The Kier molecular flexibility index (Phi) is 4.75. The zero-order valence-corrected chi connectivity index (χ0v) is 12.1. The van der Waals surface area contributed by atoms with Gasteiger partial charge in [-0.05, 0) is 37.1 Å². The van der Waals surface area contributed by atoms with Crippen molar-refractivity contribution in [1.29, 1.82) is 5.26 Å². The van der Waals surface area contributed by atoms with Crippen LogP contribution in [-0.2, 0) is 0 Å². The van der Waals surface area contributed by atoms with Crippen molar-refractivity contribution in [1.82, 2.24) is 4.98 Å². The van der Waals surface area contributed by atoms with Gasteiger partial charge in [0.2, 0.25) is 0 Å². The molecular formula is C16H18N4O. The minimum Gasteiger partial charge on any atom is -0.374 e. The minimum atomic E-state index is -0.658. The van der Waals surface area contributed by atoms with Gasteiger partial charge in [0.1, 0.15) is 18.1 Å². The normalized spacial score (nSPS) is 11.5. The highest BCUT2D eigenvalue weighted by Crippen LogP contribution is 2.24. The molecule has 108 valence electrons. The molecule has 0 amide bonds. The molecule has 2 rings (SSSR count). The number of hydrogen-bond acceptors (Lipinski definition) is 5. The van der Waals surface area contributed by atoms with Gasteiger partial charge in [0.15, 0.2) is 5.82 Å². The topological polar surface area (TPSA) is 81.0 Å². The first-order chi connectivity index (χ1) is 10.1. The number of aliphatic hydroxyl groups excluding tert-OH is 1. The number of rotatable bonds is 5. The summed E-state index contributed by atoms with van der Waals surface area (Å²) in [6, 6.07) is 13.5. The first kappa shape index (κ1) is 14.8. The van der Waals surface area contributed by atoms with Crippen LogP contribution in [0.1, 0.15) is 24.5 Å². The summed E-state index contributed by atoms with van der Waals surface area (Å²) < 4.78 is 0. The van der Waals surface area contributed by atoms with E-state index in [9.17, 15) is 10.4 Å². The molecular weight excluding hydrogens is 264 g/mol. The molecule has 21 heavy (non-hydrogen) atoms. The highest BCUT2D eigenvalue weighted by Gasteiger charge is 2.11. The summed E-state index contributed by atoms with van der Waals surface area (Å²) in [6.07, 6.45) is -0.0863. The molecule has 0 aliphatic rings. The maximum Gasteiger partial charge on any atom is 0.151 e. The fraction of sp³-hybridized carbons (Fsp3) is 0.250. The fourth-order valence-corrected chi connectivity index (χ4v) is 1.91. The molecule has 0 aliphatic carbocycles. The first-order valence-electron chi connectivity index (χ1n) is 6.82. The van der Waals surface area contributed by atoms with Crippen molar-refractivity contribution in [2.75, 3.05) is 10.6 Å². The van der Waals surface area contributed by atoms with Gasteiger partial charge in [-0.25, -0.2) is 4.98 Å². The Balaban J connectivity index is 2.36. The zero-order chi connectivity index (χ0) is 15.2. The second-order valence-electron chi connectivity index (χ2n) is 4.72. The van der Waals surface area contributed by atoms with E-state index in [0.717, 1.165) is 11.3 Å². The predicted octanol–water partition coefficient (Wildman–Crippen LogP) is 3.15. The number of nitrogens with zero attached hydrogens (tertiary/aromatic N) is 2. The lowest BCUT2D eigenvalue weighted by Crippen LogP contribution is -2.18. The van der Waals surface area contributed by atoms with Crippen LogP contribution >= 0.6 is 0 Å². The second-order valence-corrected chi connectivity index (χ2v) is 4.72. The van der Waals surface area contributed by atoms with E-state index in [-0.39, 0.29) is 0 Å². The lowest BCUT2D eigenvalue weighted by atomic mass is 10.1. The maximum absolute atomic E-state index is 9.67. The number of nitrogens with one attached hydrogen (secondary N) is 2. The lowest BCUT2D eigenvalue weighted by Gasteiger charge is -2.15. The van der Waals surface area contributed by atoms with Crippen LogP contribution in [0.5, 0.6) is 0 Å². The molecule has 5 heteroatoms. The van der Waals surface area contributed by atoms with Crippen LogP contribution in [0, 0.1) is 18.3 Å². The second kappa shape index (κ2) is 6.73. The molecule has 1 unspecified atom stereocenters. The highest BCUT2D eigenvalue weighted by atomic mass is 16.3. The van der Waals surface area contributed by atoms with Crippen LogP contribution in [0.4, 0.5) is 17.3 Å². The summed E-state index contributed by atoms with van der Waals surface area (Å²) in [5, 5.41) is 25.0. The van der Waals surface area contributed by atoms with Crippen LogP contribution in [0.3, 0.4) is 0 Å². The van der Waals surface area contributed by atoms with Crippen molar-refractivity contribution < 1.29 is 5.11 Å². The van der Waals surface area contributed by atoms with Crippen molar-refractivity contribution >= 4 is 17.3 Å². The van der Waals surface area contributed by atoms with E-state index in [1.54, 1.807) is 6.07 Å². The van der Waals surface area contributed by atoms with Crippen molar-refractivity contribution in [2.24, 2.45) is 0 Å². The van der Waals surface area contributed by atoms with Crippen molar-refractivity contribution in [2.45, 2.75) is 26.5 Å². The molecule has 0 saturated carbocycles. The standard InChI is InChI=1S/C16H18N4O/c1-3-15(21)19-14-9-11(2)13(10-17)16(20-14)18-12-7-5-4-6-8-12/h4-9,15,21H,3H2,1-2H3,(H2,18,19,20). The Labute approximate surface area is 124 Å². The first-order valence-corrected chi connectivity index (χ1v) is 6.82. The molecule has 0 aliphatic heterocycles. The fourth-order valence-electron chi connectivity index (χ4n) is 1.91. The Morgan fingerprint density at radius 2 is 2.05 bits per heavy atom. The van der Waals surface area contributed by atoms with Gasteiger partial charge in [-0.2, -0.15) is 5.26 Å². The van der Waals surface area contributed by atoms with Gasteiger partial charge >= 0.3 is 0 Å². The van der Waals surface area contributed by atoms with Crippen LogP contribution < -0.4 is 10.6 Å². The van der Waals surface area contributed by atoms with Crippen LogP contribution in [0.25, 0.3) is 0 Å². The molecule has 0 spiro atoms. The molecule has 1 aromatic heterocycles. The van der Waals surface area contributed by atoms with Gasteiger partial charge in [-0.3, -0.25) is 0 Å². The monoisotopic (exact) mass is 282 g/mol. The van der Waals surface area contributed by atoms with E-state index in [0.29, 0.717) is 23.6 Å². The summed E-state index contributed by atoms with van der Waals surface area (Å²) in [5.74, 6) is 1.02. The van der Waals surface area contributed by atoms with E-state index in [1.807, 2.05) is 44.2 Å². The molecule has 0 radical (unpaired) electrons. The van der Waals surface area contributed by atoms with Gasteiger partial charge in [0.05, 0.1) is 5.56 Å². The SMILES string of the molecule is CCC(O)Nc1cc(C)c(C#N)c(Nc2ccccc2)n1. The number of aryl methyl sites for hydroxylation is 1. The molecule has 1 aromatic carbocycles. The third-order valence-corrected chi connectivity index (χ3v) is 3.07. The molecule has 0 saturated heterocycles. The summed E-state index contributed by atoms with van der Waals surface area (Å²) in [5.41, 5.74) is 2.15. The Bertz CT molecular complexity index is 649. The molecule has 0 bridgehead atoms. The summed E-state index contributed by atoms with van der Waals surface area (Å²) in [6.45, 7) is 3.72. The Morgan fingerprint density at radius 1 is 1.33 bits per heavy atom. The van der Waals surface area contributed by atoms with Crippen LogP contribution in [-0.4, -0.2) is 16.3 Å². The van der Waals surface area contributed by atoms with Crippen molar-refractivity contribution in [3.05, 3.63) is 47.5 Å². The minimum absolute atomic E-state index is 0.481. The number of para-hydroxylation sites is 1. The average Bonchev–Trinajstić information content (AvgIpc) is 2.48. The summed E-state index contributed by atoms with van der Waals surface area (Å²) in [7, 11) is 0. The number of aromatic nitrogens is 1. The molecule has 3 N–H and O–H groups in total. The molecule has 5 nitrogen and oxygen atoms in total. The molecule has 1 heterocycles. The van der Waals surface area contributed by atoms with E-state index >= 15 is 0 Å². The predicted molar refractivity (Wildman–Crippen MR) is 83.3 cm³/mol. The Morgan fingerprint density at radius 3 is 2.67 bits per heavy atom. The number of benzene rings is 1. The average molecular weight is 282 g/mol. The number of aliphatic hydroxyl groups is 1. The van der Waals surface area contributed by atoms with E-state index in [4.69, 9.17) is 0 Å². The third kappa shape index (κ3) is 3.71.